The van der Waals surface area contributed by atoms with Crippen molar-refractivity contribution in [2.24, 2.45) is 0 Å². The van der Waals surface area contributed by atoms with E-state index in [1.54, 1.807) is 26.0 Å². The third kappa shape index (κ3) is 3.93. The van der Waals surface area contributed by atoms with Crippen molar-refractivity contribution in [2.45, 2.75) is 20.2 Å². The first-order chi connectivity index (χ1) is 12.2. The van der Waals surface area contributed by atoms with Gasteiger partial charge in [0.15, 0.2) is 5.43 Å². The van der Waals surface area contributed by atoms with Gasteiger partial charge in [0.25, 0.3) is 0 Å². The van der Waals surface area contributed by atoms with Crippen LogP contribution in [0.5, 0.6) is 5.75 Å². The van der Waals surface area contributed by atoms with Crippen LogP contribution in [0.4, 0.5) is 13.2 Å². The fourth-order valence-electron chi connectivity index (χ4n) is 2.64. The molecule has 3 rings (SSSR count). The molecule has 0 aliphatic rings. The molecule has 3 aromatic rings. The molecule has 134 valence electrons. The highest BCUT2D eigenvalue weighted by molar-refractivity contribution is 5.68. The predicted octanol–water partition coefficient (Wildman–Crippen LogP) is 4.88. The summed E-state index contributed by atoms with van der Waals surface area (Å²) in [5.74, 6) is 0.728. The Hall–Kier alpha value is -3.09. The smallest absolute Gasteiger partial charge is 0.466 e. The lowest BCUT2D eigenvalue weighted by Crippen LogP contribution is -2.16. The molecule has 0 radical (unpaired) electrons. The molecule has 2 aromatic heterocycles. The molecule has 0 aliphatic carbocycles. The van der Waals surface area contributed by atoms with E-state index in [2.05, 4.69) is 9.72 Å². The maximum absolute atomic E-state index is 12.2. The van der Waals surface area contributed by atoms with Gasteiger partial charge in [-0.05, 0) is 44.2 Å². The summed E-state index contributed by atoms with van der Waals surface area (Å²) in [4.78, 5) is 16.5. The van der Waals surface area contributed by atoms with E-state index in [0.717, 1.165) is 0 Å². The van der Waals surface area contributed by atoms with Crippen molar-refractivity contribution in [1.82, 2.24) is 4.98 Å². The van der Waals surface area contributed by atoms with Crippen LogP contribution in [0.2, 0.25) is 0 Å². The zero-order valence-corrected chi connectivity index (χ0v) is 13.9. The van der Waals surface area contributed by atoms with Gasteiger partial charge >= 0.3 is 6.36 Å². The van der Waals surface area contributed by atoms with Crippen LogP contribution in [-0.2, 0) is 0 Å². The van der Waals surface area contributed by atoms with Gasteiger partial charge in [0.05, 0.1) is 11.3 Å². The molecule has 0 atom stereocenters. The SMILES string of the molecule is Cc1cc(=O)c(-c2ccc(-c3ccc(OC(F)(F)F)cc3)nc2)c(C)o1. The third-order valence-corrected chi connectivity index (χ3v) is 3.68. The second kappa shape index (κ2) is 6.67. The molecule has 4 nitrogen and oxygen atoms in total. The summed E-state index contributed by atoms with van der Waals surface area (Å²) in [5.41, 5.74) is 2.07. The summed E-state index contributed by atoms with van der Waals surface area (Å²) in [6.45, 7) is 3.41. The average molecular weight is 361 g/mol. The first kappa shape index (κ1) is 17.7. The number of hydrogen-bond donors (Lipinski definition) is 0. The minimum Gasteiger partial charge on any atom is -0.466 e. The van der Waals surface area contributed by atoms with Crippen molar-refractivity contribution < 1.29 is 22.3 Å². The Kier molecular flexibility index (Phi) is 4.54. The first-order valence-corrected chi connectivity index (χ1v) is 7.67. The van der Waals surface area contributed by atoms with Gasteiger partial charge in [-0.2, -0.15) is 0 Å². The van der Waals surface area contributed by atoms with Crippen LogP contribution in [0.3, 0.4) is 0 Å². The van der Waals surface area contributed by atoms with E-state index < -0.39 is 6.36 Å². The molecule has 0 unspecified atom stereocenters. The summed E-state index contributed by atoms with van der Waals surface area (Å²) in [5, 5.41) is 0. The van der Waals surface area contributed by atoms with E-state index in [1.807, 2.05) is 0 Å². The molecule has 0 amide bonds. The summed E-state index contributed by atoms with van der Waals surface area (Å²) in [6.07, 6.45) is -3.20. The lowest BCUT2D eigenvalue weighted by atomic mass is 10.0. The Morgan fingerprint density at radius 1 is 1.00 bits per heavy atom. The summed E-state index contributed by atoms with van der Waals surface area (Å²) in [7, 11) is 0. The van der Waals surface area contributed by atoms with Crippen molar-refractivity contribution in [3.05, 3.63) is 70.4 Å². The largest absolute Gasteiger partial charge is 0.573 e. The van der Waals surface area contributed by atoms with Gasteiger partial charge in [0.1, 0.15) is 17.3 Å². The number of halogens is 3. The van der Waals surface area contributed by atoms with E-state index in [9.17, 15) is 18.0 Å². The van der Waals surface area contributed by atoms with Crippen molar-refractivity contribution in [1.29, 1.82) is 0 Å². The van der Waals surface area contributed by atoms with Crippen LogP contribution in [0, 0.1) is 13.8 Å². The van der Waals surface area contributed by atoms with Crippen LogP contribution >= 0.6 is 0 Å². The number of aryl methyl sites for hydroxylation is 2. The first-order valence-electron chi connectivity index (χ1n) is 7.67. The standard InChI is InChI=1S/C19H14F3NO3/c1-11-9-17(24)18(12(2)25-11)14-5-8-16(23-10-14)13-3-6-15(7-4-13)26-19(20,21)22/h3-10H,1-2H3. The van der Waals surface area contributed by atoms with Crippen LogP contribution in [0.1, 0.15) is 11.5 Å². The lowest BCUT2D eigenvalue weighted by molar-refractivity contribution is -0.274. The lowest BCUT2D eigenvalue weighted by Gasteiger charge is -2.09. The molecule has 0 N–H and O–H groups in total. The molecule has 0 saturated heterocycles. The number of rotatable bonds is 3. The summed E-state index contributed by atoms with van der Waals surface area (Å²) in [6, 6.07) is 10.2. The Labute approximate surface area is 146 Å². The molecule has 0 saturated carbocycles. The molecule has 7 heteroatoms. The van der Waals surface area contributed by atoms with Gasteiger partial charge < -0.3 is 9.15 Å². The Morgan fingerprint density at radius 3 is 2.19 bits per heavy atom. The zero-order valence-electron chi connectivity index (χ0n) is 13.9. The van der Waals surface area contributed by atoms with E-state index >= 15 is 0 Å². The van der Waals surface area contributed by atoms with E-state index in [-0.39, 0.29) is 11.2 Å². The highest BCUT2D eigenvalue weighted by Gasteiger charge is 2.30. The number of aromatic nitrogens is 1. The second-order valence-corrected chi connectivity index (χ2v) is 5.66. The van der Waals surface area contributed by atoms with Gasteiger partial charge in [-0.1, -0.05) is 6.07 Å². The van der Waals surface area contributed by atoms with Crippen molar-refractivity contribution in [3.8, 4) is 28.1 Å². The number of alkyl halides is 3. The maximum Gasteiger partial charge on any atom is 0.573 e. The molecular weight excluding hydrogens is 347 g/mol. The van der Waals surface area contributed by atoms with Gasteiger partial charge in [0, 0.05) is 23.4 Å². The van der Waals surface area contributed by atoms with Crippen molar-refractivity contribution >= 4 is 0 Å². The van der Waals surface area contributed by atoms with Crippen LogP contribution < -0.4 is 10.2 Å². The fourth-order valence-corrected chi connectivity index (χ4v) is 2.64. The number of hydrogen-bond acceptors (Lipinski definition) is 4. The van der Waals surface area contributed by atoms with Gasteiger partial charge in [-0.25, -0.2) is 0 Å². The van der Waals surface area contributed by atoms with Crippen LogP contribution in [0.15, 0.2) is 57.9 Å². The normalized spacial score (nSPS) is 11.4. The van der Waals surface area contributed by atoms with Crippen molar-refractivity contribution in [2.75, 3.05) is 0 Å². The fraction of sp³-hybridized carbons (Fsp3) is 0.158. The third-order valence-electron chi connectivity index (χ3n) is 3.68. The second-order valence-electron chi connectivity index (χ2n) is 5.66. The Morgan fingerprint density at radius 2 is 1.65 bits per heavy atom. The number of nitrogens with zero attached hydrogens (tertiary/aromatic N) is 1. The quantitative estimate of drug-likeness (QED) is 0.667. The molecule has 0 aliphatic heterocycles. The van der Waals surface area contributed by atoms with E-state index in [0.29, 0.717) is 33.9 Å². The van der Waals surface area contributed by atoms with E-state index in [4.69, 9.17) is 4.42 Å². The predicted molar refractivity (Wildman–Crippen MR) is 89.8 cm³/mol. The van der Waals surface area contributed by atoms with Gasteiger partial charge in [-0.3, -0.25) is 9.78 Å². The van der Waals surface area contributed by atoms with Crippen LogP contribution in [0.25, 0.3) is 22.4 Å². The van der Waals surface area contributed by atoms with Gasteiger partial charge in [-0.15, -0.1) is 13.2 Å². The summed E-state index contributed by atoms with van der Waals surface area (Å²) >= 11 is 0. The Balaban J connectivity index is 1.88. The Bertz CT molecular complexity index is 975. The molecule has 1 aromatic carbocycles. The molecular formula is C19H14F3NO3. The molecule has 0 spiro atoms. The zero-order chi connectivity index (χ0) is 18.9. The maximum atomic E-state index is 12.2. The minimum atomic E-state index is -4.73. The molecule has 0 bridgehead atoms. The highest BCUT2D eigenvalue weighted by atomic mass is 19.4. The van der Waals surface area contributed by atoms with Crippen molar-refractivity contribution in [3.63, 3.8) is 0 Å². The minimum absolute atomic E-state index is 0.158. The number of benzene rings is 1. The monoisotopic (exact) mass is 361 g/mol. The summed E-state index contributed by atoms with van der Waals surface area (Å²) < 4.78 is 45.9. The number of pyridine rings is 1. The molecule has 26 heavy (non-hydrogen) atoms. The molecule has 0 fully saturated rings. The molecule has 2 heterocycles. The average Bonchev–Trinajstić information content (AvgIpc) is 2.54. The topological polar surface area (TPSA) is 52.3 Å². The van der Waals surface area contributed by atoms with E-state index in [1.165, 1.54) is 36.5 Å². The van der Waals surface area contributed by atoms with Crippen LogP contribution in [-0.4, -0.2) is 11.3 Å². The number of ether oxygens (including phenoxy) is 1. The van der Waals surface area contributed by atoms with Gasteiger partial charge in [0.2, 0.25) is 0 Å². The highest BCUT2D eigenvalue weighted by Crippen LogP contribution is 2.27.